The van der Waals surface area contributed by atoms with E-state index in [0.29, 0.717) is 10.2 Å². The number of halogens is 3. The molecule has 0 spiro atoms. The molecule has 0 aliphatic heterocycles. The van der Waals surface area contributed by atoms with Gasteiger partial charge in [-0.05, 0) is 52.2 Å². The third-order valence-corrected chi connectivity index (χ3v) is 4.73. The zero-order valence-corrected chi connectivity index (χ0v) is 16.8. The number of benzene rings is 2. The molecule has 4 nitrogen and oxygen atoms in total. The predicted molar refractivity (Wildman–Crippen MR) is 103 cm³/mol. The minimum Gasteiger partial charge on any atom is -0.340 e. The fourth-order valence-corrected chi connectivity index (χ4v) is 2.91. The molecule has 0 bridgehead atoms. The summed E-state index contributed by atoms with van der Waals surface area (Å²) in [6.45, 7) is 3.61. The van der Waals surface area contributed by atoms with Crippen molar-refractivity contribution in [1.82, 2.24) is 5.32 Å². The summed E-state index contributed by atoms with van der Waals surface area (Å²) in [6.07, 6.45) is 0. The highest BCUT2D eigenvalue weighted by molar-refractivity contribution is 9.11. The molecule has 0 saturated heterocycles. The van der Waals surface area contributed by atoms with Gasteiger partial charge >= 0.3 is 0 Å². The first kappa shape index (κ1) is 19.6. The van der Waals surface area contributed by atoms with Crippen LogP contribution < -0.4 is 10.6 Å². The van der Waals surface area contributed by atoms with Gasteiger partial charge in [-0.25, -0.2) is 4.39 Å². The van der Waals surface area contributed by atoms with Crippen LogP contribution in [0.25, 0.3) is 0 Å². The molecule has 2 rings (SSSR count). The molecule has 0 aromatic heterocycles. The van der Waals surface area contributed by atoms with E-state index in [2.05, 4.69) is 42.5 Å². The van der Waals surface area contributed by atoms with E-state index in [0.717, 1.165) is 4.47 Å². The van der Waals surface area contributed by atoms with Crippen LogP contribution in [0.2, 0.25) is 0 Å². The van der Waals surface area contributed by atoms with Crippen LogP contribution >= 0.6 is 31.9 Å². The fourth-order valence-electron chi connectivity index (χ4n) is 2.20. The van der Waals surface area contributed by atoms with Crippen LogP contribution in [0.15, 0.2) is 51.4 Å². The maximum absolute atomic E-state index is 13.8. The van der Waals surface area contributed by atoms with Crippen LogP contribution in [0.3, 0.4) is 0 Å². The van der Waals surface area contributed by atoms with Crippen LogP contribution in [0.5, 0.6) is 0 Å². The Labute approximate surface area is 162 Å². The van der Waals surface area contributed by atoms with Crippen LogP contribution in [-0.2, 0) is 4.79 Å². The summed E-state index contributed by atoms with van der Waals surface area (Å²) in [7, 11) is 0. The average molecular weight is 472 g/mol. The van der Waals surface area contributed by atoms with E-state index in [1.54, 1.807) is 18.2 Å². The van der Waals surface area contributed by atoms with Crippen LogP contribution in [0.1, 0.15) is 24.2 Å². The number of anilines is 1. The van der Waals surface area contributed by atoms with Gasteiger partial charge in [0.1, 0.15) is 11.9 Å². The van der Waals surface area contributed by atoms with Gasteiger partial charge in [-0.2, -0.15) is 0 Å². The van der Waals surface area contributed by atoms with E-state index in [1.165, 1.54) is 18.2 Å². The minimum atomic E-state index is -0.807. The molecule has 2 aromatic carbocycles. The lowest BCUT2D eigenvalue weighted by Crippen LogP contribution is -2.47. The van der Waals surface area contributed by atoms with Crippen LogP contribution in [0, 0.1) is 11.7 Å². The van der Waals surface area contributed by atoms with E-state index in [1.807, 2.05) is 19.9 Å². The number of hydrogen-bond donors (Lipinski definition) is 2. The summed E-state index contributed by atoms with van der Waals surface area (Å²) in [5, 5.41) is 5.39. The van der Waals surface area contributed by atoms with Gasteiger partial charge in [0.05, 0.1) is 11.3 Å². The second kappa shape index (κ2) is 8.58. The summed E-state index contributed by atoms with van der Waals surface area (Å²) < 4.78 is 15.3. The Bertz CT molecular complexity index is 796. The Balaban J connectivity index is 2.17. The van der Waals surface area contributed by atoms with Crippen molar-refractivity contribution in [2.75, 3.05) is 5.32 Å². The lowest BCUT2D eigenvalue weighted by atomic mass is 10.0. The first-order valence-corrected chi connectivity index (χ1v) is 9.19. The Morgan fingerprint density at radius 1 is 1.08 bits per heavy atom. The average Bonchev–Trinajstić information content (AvgIpc) is 2.55. The van der Waals surface area contributed by atoms with Gasteiger partial charge in [-0.1, -0.05) is 41.9 Å². The summed E-state index contributed by atoms with van der Waals surface area (Å²) in [5.74, 6) is -1.81. The van der Waals surface area contributed by atoms with Gasteiger partial charge in [-0.15, -0.1) is 0 Å². The molecule has 2 amide bonds. The Kier molecular flexibility index (Phi) is 6.72. The molecule has 1 atom stereocenters. The first-order valence-electron chi connectivity index (χ1n) is 7.61. The second-order valence-electron chi connectivity index (χ2n) is 5.79. The standard InChI is InChI=1S/C18H17Br2FN2O2/c1-10(2)16(23-17(24)12-5-3-4-6-14(12)21)18(25)22-15-9-11(19)7-8-13(15)20/h3-10,16H,1-2H3,(H,22,25)(H,23,24). The minimum absolute atomic E-state index is 0.0930. The maximum Gasteiger partial charge on any atom is 0.254 e. The lowest BCUT2D eigenvalue weighted by molar-refractivity contribution is -0.118. The zero-order valence-electron chi connectivity index (χ0n) is 13.6. The number of rotatable bonds is 5. The molecule has 0 aliphatic carbocycles. The van der Waals surface area contributed by atoms with Gasteiger partial charge in [0.2, 0.25) is 5.91 Å². The topological polar surface area (TPSA) is 58.2 Å². The SMILES string of the molecule is CC(C)C(NC(=O)c1ccccc1F)C(=O)Nc1cc(Br)ccc1Br. The van der Waals surface area contributed by atoms with E-state index in [-0.39, 0.29) is 17.4 Å². The second-order valence-corrected chi connectivity index (χ2v) is 7.56. The molecule has 0 aliphatic rings. The third-order valence-electron chi connectivity index (χ3n) is 3.54. The van der Waals surface area contributed by atoms with Gasteiger partial charge in [0.15, 0.2) is 0 Å². The number of amides is 2. The zero-order chi connectivity index (χ0) is 18.6. The molecule has 2 aromatic rings. The molecule has 7 heteroatoms. The highest BCUT2D eigenvalue weighted by atomic mass is 79.9. The molecular weight excluding hydrogens is 455 g/mol. The maximum atomic E-state index is 13.8. The highest BCUT2D eigenvalue weighted by Crippen LogP contribution is 2.26. The summed E-state index contributed by atoms with van der Waals surface area (Å²) in [6, 6.07) is 10.2. The molecule has 1 unspecified atom stereocenters. The number of hydrogen-bond acceptors (Lipinski definition) is 2. The summed E-state index contributed by atoms with van der Waals surface area (Å²) >= 11 is 6.72. The molecule has 2 N–H and O–H groups in total. The van der Waals surface area contributed by atoms with Gasteiger partial charge in [0.25, 0.3) is 5.91 Å². The van der Waals surface area contributed by atoms with Gasteiger partial charge < -0.3 is 10.6 Å². The highest BCUT2D eigenvalue weighted by Gasteiger charge is 2.26. The van der Waals surface area contributed by atoms with Crippen molar-refractivity contribution >= 4 is 49.4 Å². The number of carbonyl (C=O) groups is 2. The molecule has 132 valence electrons. The molecule has 0 fully saturated rings. The van der Waals surface area contributed by atoms with Crippen molar-refractivity contribution in [3.63, 3.8) is 0 Å². The largest absolute Gasteiger partial charge is 0.340 e. The Hall–Kier alpha value is -1.73. The molecule has 0 radical (unpaired) electrons. The predicted octanol–water partition coefficient (Wildman–Crippen LogP) is 4.74. The van der Waals surface area contributed by atoms with E-state index in [9.17, 15) is 14.0 Å². The number of carbonyl (C=O) groups excluding carboxylic acids is 2. The van der Waals surface area contributed by atoms with Crippen molar-refractivity contribution < 1.29 is 14.0 Å². The monoisotopic (exact) mass is 470 g/mol. The normalized spacial score (nSPS) is 11.9. The Morgan fingerprint density at radius 3 is 2.40 bits per heavy atom. The lowest BCUT2D eigenvalue weighted by Gasteiger charge is -2.22. The summed E-state index contributed by atoms with van der Waals surface area (Å²) in [4.78, 5) is 24.9. The van der Waals surface area contributed by atoms with E-state index >= 15 is 0 Å². The fraction of sp³-hybridized carbons (Fsp3) is 0.222. The van der Waals surface area contributed by atoms with Gasteiger partial charge in [0, 0.05) is 8.95 Å². The van der Waals surface area contributed by atoms with Crippen molar-refractivity contribution in [1.29, 1.82) is 0 Å². The molecule has 0 saturated carbocycles. The molecular formula is C18H17Br2FN2O2. The Morgan fingerprint density at radius 2 is 1.76 bits per heavy atom. The third kappa shape index (κ3) is 5.12. The summed E-state index contributed by atoms with van der Waals surface area (Å²) in [5.41, 5.74) is 0.481. The van der Waals surface area contributed by atoms with Crippen molar-refractivity contribution in [2.45, 2.75) is 19.9 Å². The van der Waals surface area contributed by atoms with Crippen LogP contribution in [0.4, 0.5) is 10.1 Å². The van der Waals surface area contributed by atoms with E-state index < -0.39 is 17.8 Å². The number of nitrogens with one attached hydrogen (secondary N) is 2. The van der Waals surface area contributed by atoms with Crippen molar-refractivity contribution in [3.05, 3.63) is 62.8 Å². The van der Waals surface area contributed by atoms with Crippen molar-refractivity contribution in [3.8, 4) is 0 Å². The molecule has 0 heterocycles. The van der Waals surface area contributed by atoms with Crippen LogP contribution in [-0.4, -0.2) is 17.9 Å². The quantitative estimate of drug-likeness (QED) is 0.661. The molecule has 25 heavy (non-hydrogen) atoms. The first-order chi connectivity index (χ1) is 11.8. The van der Waals surface area contributed by atoms with Crippen molar-refractivity contribution in [2.24, 2.45) is 5.92 Å². The van der Waals surface area contributed by atoms with E-state index in [4.69, 9.17) is 0 Å². The smallest absolute Gasteiger partial charge is 0.254 e. The van der Waals surface area contributed by atoms with Gasteiger partial charge in [-0.3, -0.25) is 9.59 Å².